The van der Waals surface area contributed by atoms with Crippen LogP contribution in [-0.4, -0.2) is 26.8 Å². The van der Waals surface area contributed by atoms with Gasteiger partial charge < -0.3 is 9.84 Å². The molecule has 0 spiro atoms. The third-order valence-electron chi connectivity index (χ3n) is 3.80. The molecule has 9 heteroatoms. The molecule has 0 aromatic carbocycles. The molecule has 1 aliphatic carbocycles. The Bertz CT molecular complexity index is 844. The van der Waals surface area contributed by atoms with Gasteiger partial charge >= 0.3 is 5.97 Å². The molecule has 24 heavy (non-hydrogen) atoms. The third-order valence-corrected chi connectivity index (χ3v) is 6.07. The first-order valence-electron chi connectivity index (χ1n) is 7.60. The van der Waals surface area contributed by atoms with E-state index in [4.69, 9.17) is 17.0 Å². The molecule has 0 amide bonds. The van der Waals surface area contributed by atoms with Crippen LogP contribution in [0.1, 0.15) is 49.2 Å². The van der Waals surface area contributed by atoms with Gasteiger partial charge in [0.05, 0.1) is 11.9 Å². The first-order chi connectivity index (χ1) is 11.5. The van der Waals surface area contributed by atoms with Gasteiger partial charge in [0, 0.05) is 13.0 Å². The molecule has 6 nitrogen and oxygen atoms in total. The van der Waals surface area contributed by atoms with Crippen molar-refractivity contribution in [1.29, 1.82) is 0 Å². The van der Waals surface area contributed by atoms with Gasteiger partial charge in [0.1, 0.15) is 4.88 Å². The van der Waals surface area contributed by atoms with Crippen molar-refractivity contribution >= 4 is 52.2 Å². The topological polar surface area (TPSA) is 76.7 Å². The van der Waals surface area contributed by atoms with Crippen molar-refractivity contribution < 1.29 is 14.6 Å². The Hall–Kier alpha value is -1.58. The quantitative estimate of drug-likeness (QED) is 0.476. The van der Waals surface area contributed by atoms with Crippen LogP contribution in [0.4, 0.5) is 5.13 Å². The van der Waals surface area contributed by atoms with Gasteiger partial charge in [0.15, 0.2) is 3.95 Å². The highest BCUT2D eigenvalue weighted by molar-refractivity contribution is 7.73. The second-order valence-electron chi connectivity index (χ2n) is 5.59. The first kappa shape index (κ1) is 17.2. The van der Waals surface area contributed by atoms with Crippen molar-refractivity contribution in [1.82, 2.24) is 9.55 Å². The van der Waals surface area contributed by atoms with E-state index in [0.717, 1.165) is 12.8 Å². The SMILES string of the molecule is CC(=O)Oc1sc(/N=C/c2sc(=S)n(C3CCCC3)c2O)nc1C. The molecule has 2 aromatic heterocycles. The number of esters is 1. The Morgan fingerprint density at radius 3 is 2.83 bits per heavy atom. The van der Waals surface area contributed by atoms with Gasteiger partial charge in [-0.25, -0.2) is 9.98 Å². The predicted molar refractivity (Wildman–Crippen MR) is 97.7 cm³/mol. The number of aryl methyl sites for hydroxylation is 1. The van der Waals surface area contributed by atoms with Crippen molar-refractivity contribution in [2.24, 2.45) is 4.99 Å². The minimum atomic E-state index is -0.387. The Labute approximate surface area is 152 Å². The number of ether oxygens (including phenoxy) is 1. The molecule has 0 radical (unpaired) electrons. The summed E-state index contributed by atoms with van der Waals surface area (Å²) in [5.41, 5.74) is 0.614. The lowest BCUT2D eigenvalue weighted by Crippen LogP contribution is -2.03. The second kappa shape index (κ2) is 7.12. The fourth-order valence-corrected chi connectivity index (χ4v) is 4.85. The summed E-state index contributed by atoms with van der Waals surface area (Å²) in [5, 5.41) is 11.4. The highest BCUT2D eigenvalue weighted by Crippen LogP contribution is 2.37. The molecule has 0 aliphatic heterocycles. The van der Waals surface area contributed by atoms with Crippen molar-refractivity contribution in [2.45, 2.75) is 45.6 Å². The standard InChI is InChI=1S/C15H17N3O3S3/c1-8-13(21-9(2)19)24-14(17-8)16-7-11-12(20)18(15(22)23-11)10-5-3-4-6-10/h7,10,20H,3-6H2,1-2H3/b16-7+. The zero-order chi connectivity index (χ0) is 17.3. The number of carbonyl (C=O) groups is 1. The van der Waals surface area contributed by atoms with E-state index < -0.39 is 0 Å². The van der Waals surface area contributed by atoms with E-state index in [1.54, 1.807) is 13.1 Å². The number of nitrogens with zero attached hydrogens (tertiary/aromatic N) is 3. The van der Waals surface area contributed by atoms with Gasteiger partial charge in [0.2, 0.25) is 16.1 Å². The van der Waals surface area contributed by atoms with Crippen LogP contribution in [0.15, 0.2) is 4.99 Å². The molecule has 0 unspecified atom stereocenters. The zero-order valence-corrected chi connectivity index (χ0v) is 15.8. The molecular weight excluding hydrogens is 366 g/mol. The van der Waals surface area contributed by atoms with Gasteiger partial charge in [-0.3, -0.25) is 9.36 Å². The summed E-state index contributed by atoms with van der Waals surface area (Å²) < 4.78 is 7.57. The van der Waals surface area contributed by atoms with E-state index in [2.05, 4.69) is 9.98 Å². The molecule has 2 heterocycles. The molecule has 128 valence electrons. The average molecular weight is 384 g/mol. The first-order valence-corrected chi connectivity index (χ1v) is 9.64. The highest BCUT2D eigenvalue weighted by Gasteiger charge is 2.22. The van der Waals surface area contributed by atoms with Crippen molar-refractivity contribution in [3.63, 3.8) is 0 Å². The lowest BCUT2D eigenvalue weighted by Gasteiger charge is -2.11. The number of thiazole rings is 2. The van der Waals surface area contributed by atoms with Crippen LogP contribution in [0.5, 0.6) is 10.9 Å². The summed E-state index contributed by atoms with van der Waals surface area (Å²) in [6.45, 7) is 3.10. The number of hydrogen-bond donors (Lipinski definition) is 1. The Kier molecular flexibility index (Phi) is 5.12. The third kappa shape index (κ3) is 3.57. The van der Waals surface area contributed by atoms with Gasteiger partial charge in [-0.05, 0) is 32.0 Å². The van der Waals surface area contributed by atoms with Crippen LogP contribution in [0, 0.1) is 10.9 Å². The maximum atomic E-state index is 11.0. The van der Waals surface area contributed by atoms with Crippen LogP contribution in [0.2, 0.25) is 0 Å². The van der Waals surface area contributed by atoms with Crippen molar-refractivity contribution in [2.75, 3.05) is 0 Å². The minimum absolute atomic E-state index is 0.175. The number of aromatic nitrogens is 2. The monoisotopic (exact) mass is 383 g/mol. The largest absolute Gasteiger partial charge is 0.493 e. The fraction of sp³-hybridized carbons (Fsp3) is 0.467. The Balaban J connectivity index is 1.83. The number of hydrogen-bond acceptors (Lipinski definition) is 8. The van der Waals surface area contributed by atoms with Gasteiger partial charge in [-0.2, -0.15) is 0 Å². The Morgan fingerprint density at radius 2 is 2.17 bits per heavy atom. The van der Waals surface area contributed by atoms with Crippen molar-refractivity contribution in [3.05, 3.63) is 14.5 Å². The molecule has 1 saturated carbocycles. The van der Waals surface area contributed by atoms with Gasteiger partial charge in [0.25, 0.3) is 0 Å². The summed E-state index contributed by atoms with van der Waals surface area (Å²) in [6, 6.07) is 0.286. The summed E-state index contributed by atoms with van der Waals surface area (Å²) in [5.74, 6) is -0.212. The molecule has 2 aromatic rings. The lowest BCUT2D eigenvalue weighted by atomic mass is 10.2. The molecule has 0 saturated heterocycles. The van der Waals surface area contributed by atoms with E-state index in [9.17, 15) is 9.90 Å². The highest BCUT2D eigenvalue weighted by atomic mass is 32.1. The maximum Gasteiger partial charge on any atom is 0.308 e. The average Bonchev–Trinajstić information content (AvgIpc) is 3.19. The number of carbonyl (C=O) groups excluding carboxylic acids is 1. The summed E-state index contributed by atoms with van der Waals surface area (Å²) in [7, 11) is 0. The van der Waals surface area contributed by atoms with Crippen LogP contribution in [0.25, 0.3) is 0 Å². The number of rotatable bonds is 4. The number of aromatic hydroxyl groups is 1. The smallest absolute Gasteiger partial charge is 0.308 e. The van der Waals surface area contributed by atoms with Crippen LogP contribution >= 0.6 is 34.9 Å². The van der Waals surface area contributed by atoms with Gasteiger partial charge in [-0.1, -0.05) is 35.5 Å². The van der Waals surface area contributed by atoms with E-state index in [0.29, 0.717) is 24.7 Å². The summed E-state index contributed by atoms with van der Waals surface area (Å²) >= 11 is 7.92. The zero-order valence-electron chi connectivity index (χ0n) is 13.3. The second-order valence-corrected chi connectivity index (χ2v) is 8.20. The van der Waals surface area contributed by atoms with Crippen LogP contribution < -0.4 is 4.74 Å². The maximum absolute atomic E-state index is 11.0. The van der Waals surface area contributed by atoms with Crippen LogP contribution in [-0.2, 0) is 4.79 Å². The minimum Gasteiger partial charge on any atom is -0.493 e. The Morgan fingerprint density at radius 1 is 1.46 bits per heavy atom. The lowest BCUT2D eigenvalue weighted by molar-refractivity contribution is -0.131. The molecule has 1 N–H and O–H groups in total. The summed E-state index contributed by atoms with van der Waals surface area (Å²) in [6.07, 6.45) is 6.00. The van der Waals surface area contributed by atoms with E-state index >= 15 is 0 Å². The number of aliphatic imine (C=N–C) groups is 1. The normalized spacial score (nSPS) is 15.4. The summed E-state index contributed by atoms with van der Waals surface area (Å²) in [4.78, 5) is 20.2. The van der Waals surface area contributed by atoms with E-state index in [-0.39, 0.29) is 17.9 Å². The van der Waals surface area contributed by atoms with Gasteiger partial charge in [-0.15, -0.1) is 0 Å². The van der Waals surface area contributed by atoms with Crippen LogP contribution in [0.3, 0.4) is 0 Å². The molecule has 1 aliphatic rings. The fourth-order valence-electron chi connectivity index (χ4n) is 2.73. The molecule has 1 fully saturated rings. The van der Waals surface area contributed by atoms with Crippen molar-refractivity contribution in [3.8, 4) is 10.9 Å². The molecule has 0 atom stereocenters. The molecule has 3 rings (SSSR count). The van der Waals surface area contributed by atoms with E-state index in [1.807, 2.05) is 4.57 Å². The van der Waals surface area contributed by atoms with E-state index in [1.165, 1.54) is 42.4 Å². The molecular formula is C15H17N3O3S3. The molecule has 0 bridgehead atoms. The predicted octanol–water partition coefficient (Wildman–Crippen LogP) is 4.54.